The number of hydrogen-bond donors (Lipinski definition) is 2. The molecule has 0 amide bonds. The average Bonchev–Trinajstić information content (AvgIpc) is 2.46. The smallest absolute Gasteiger partial charge is 0.265 e. The summed E-state index contributed by atoms with van der Waals surface area (Å²) in [4.78, 5) is 1.91. The summed E-state index contributed by atoms with van der Waals surface area (Å²) < 4.78 is 31.6. The first-order valence-electron chi connectivity index (χ1n) is 5.98. The van der Waals surface area contributed by atoms with Crippen molar-refractivity contribution >= 4 is 24.0 Å². The minimum atomic E-state index is -2.54. The summed E-state index contributed by atoms with van der Waals surface area (Å²) >= 11 is 3.94. The fourth-order valence-electron chi connectivity index (χ4n) is 2.08. The van der Waals surface area contributed by atoms with Gasteiger partial charge in [0.15, 0.2) is 0 Å². The van der Waals surface area contributed by atoms with Crippen LogP contribution in [0.4, 0.5) is 14.5 Å². The molecule has 1 aliphatic rings. The van der Waals surface area contributed by atoms with Gasteiger partial charge >= 0.3 is 0 Å². The fraction of sp³-hybridized carbons (Fsp3) is 0.385. The minimum absolute atomic E-state index is 0.00228. The number of thiol groups is 1. The second-order valence-corrected chi connectivity index (χ2v) is 4.52. The van der Waals surface area contributed by atoms with Crippen LogP contribution in [0.1, 0.15) is 17.6 Å². The number of nitrogens with zero attached hydrogens (tertiary/aromatic N) is 1. The largest absolute Gasteiger partial charge is 0.398 e. The van der Waals surface area contributed by atoms with Gasteiger partial charge in [-0.25, -0.2) is 8.78 Å². The Labute approximate surface area is 116 Å². The zero-order valence-electron chi connectivity index (χ0n) is 10.4. The predicted octanol–water partition coefficient (Wildman–Crippen LogP) is 2.65. The fourth-order valence-corrected chi connectivity index (χ4v) is 2.22. The Hall–Kier alpha value is -1.27. The standard InChI is InChI=1S/C13H16F2N2OS/c14-13(15)10-7-9(11(16)8-19)1-2-12(10)17-3-5-18-6-4-17/h1-2,7-8,13,19H,3-6,16H2/b11-8-. The van der Waals surface area contributed by atoms with Crippen molar-refractivity contribution in [3.63, 3.8) is 0 Å². The molecule has 1 aromatic rings. The molecule has 0 unspecified atom stereocenters. The maximum Gasteiger partial charge on any atom is 0.265 e. The van der Waals surface area contributed by atoms with Gasteiger partial charge in [-0.2, -0.15) is 0 Å². The first kappa shape index (κ1) is 14.1. The van der Waals surface area contributed by atoms with E-state index in [4.69, 9.17) is 10.5 Å². The first-order valence-corrected chi connectivity index (χ1v) is 6.50. The van der Waals surface area contributed by atoms with E-state index < -0.39 is 6.43 Å². The summed E-state index contributed by atoms with van der Waals surface area (Å²) in [7, 11) is 0. The maximum atomic E-state index is 13.2. The van der Waals surface area contributed by atoms with Crippen LogP contribution in [0.2, 0.25) is 0 Å². The molecule has 0 aromatic heterocycles. The molecule has 19 heavy (non-hydrogen) atoms. The number of rotatable bonds is 3. The molecule has 1 saturated heterocycles. The lowest BCUT2D eigenvalue weighted by molar-refractivity contribution is 0.121. The predicted molar refractivity (Wildman–Crippen MR) is 75.6 cm³/mol. The van der Waals surface area contributed by atoms with Gasteiger partial charge in [-0.15, -0.1) is 12.6 Å². The van der Waals surface area contributed by atoms with Gasteiger partial charge < -0.3 is 15.4 Å². The molecule has 1 aliphatic heterocycles. The molecule has 0 bridgehead atoms. The second kappa shape index (κ2) is 6.25. The van der Waals surface area contributed by atoms with Crippen molar-refractivity contribution in [3.8, 4) is 0 Å². The van der Waals surface area contributed by atoms with Crippen molar-refractivity contribution in [2.45, 2.75) is 6.43 Å². The molecule has 1 fully saturated rings. The number of morpholine rings is 1. The minimum Gasteiger partial charge on any atom is -0.398 e. The summed E-state index contributed by atoms with van der Waals surface area (Å²) in [5.74, 6) is 0. The van der Waals surface area contributed by atoms with Crippen LogP contribution in [0.15, 0.2) is 23.6 Å². The molecule has 1 heterocycles. The molecular formula is C13H16F2N2OS. The molecule has 0 spiro atoms. The van der Waals surface area contributed by atoms with E-state index in [0.29, 0.717) is 43.3 Å². The monoisotopic (exact) mass is 286 g/mol. The summed E-state index contributed by atoms with van der Waals surface area (Å²) in [6, 6.07) is 4.85. The van der Waals surface area contributed by atoms with Crippen molar-refractivity contribution in [1.82, 2.24) is 0 Å². The van der Waals surface area contributed by atoms with Crippen LogP contribution in [-0.2, 0) is 4.74 Å². The van der Waals surface area contributed by atoms with Crippen LogP contribution in [-0.4, -0.2) is 26.3 Å². The zero-order chi connectivity index (χ0) is 13.8. The van der Waals surface area contributed by atoms with Crippen LogP contribution < -0.4 is 10.6 Å². The van der Waals surface area contributed by atoms with Crippen molar-refractivity contribution in [3.05, 3.63) is 34.7 Å². The van der Waals surface area contributed by atoms with Gasteiger partial charge in [-0.05, 0) is 23.1 Å². The molecule has 2 rings (SSSR count). The van der Waals surface area contributed by atoms with E-state index in [0.717, 1.165) is 0 Å². The molecule has 0 atom stereocenters. The van der Waals surface area contributed by atoms with Gasteiger partial charge in [-0.3, -0.25) is 0 Å². The van der Waals surface area contributed by atoms with Crippen molar-refractivity contribution in [1.29, 1.82) is 0 Å². The first-order chi connectivity index (χ1) is 9.13. The summed E-state index contributed by atoms with van der Waals surface area (Å²) in [5.41, 5.74) is 7.18. The number of anilines is 1. The third-order valence-corrected chi connectivity index (χ3v) is 3.36. The van der Waals surface area contributed by atoms with Gasteiger partial charge in [0.05, 0.1) is 13.2 Å². The molecule has 0 saturated carbocycles. The Kier molecular flexibility index (Phi) is 4.66. The van der Waals surface area contributed by atoms with Crippen molar-refractivity contribution < 1.29 is 13.5 Å². The van der Waals surface area contributed by atoms with E-state index in [2.05, 4.69) is 12.6 Å². The molecule has 2 N–H and O–H groups in total. The van der Waals surface area contributed by atoms with E-state index in [1.807, 2.05) is 4.90 Å². The molecule has 104 valence electrons. The zero-order valence-corrected chi connectivity index (χ0v) is 11.2. The van der Waals surface area contributed by atoms with Crippen molar-refractivity contribution in [2.24, 2.45) is 5.73 Å². The van der Waals surface area contributed by atoms with Crippen LogP contribution in [0, 0.1) is 0 Å². The van der Waals surface area contributed by atoms with Crippen molar-refractivity contribution in [2.75, 3.05) is 31.2 Å². The number of benzene rings is 1. The van der Waals surface area contributed by atoms with E-state index in [1.165, 1.54) is 11.5 Å². The highest BCUT2D eigenvalue weighted by molar-refractivity contribution is 7.83. The van der Waals surface area contributed by atoms with Crippen LogP contribution in [0.25, 0.3) is 5.70 Å². The summed E-state index contributed by atoms with van der Waals surface area (Å²) in [6.07, 6.45) is -2.54. The topological polar surface area (TPSA) is 38.5 Å². The Morgan fingerprint density at radius 2 is 2.05 bits per heavy atom. The molecule has 6 heteroatoms. The van der Waals surface area contributed by atoms with E-state index in [9.17, 15) is 8.78 Å². The third kappa shape index (κ3) is 3.19. The van der Waals surface area contributed by atoms with E-state index >= 15 is 0 Å². The maximum absolute atomic E-state index is 13.2. The quantitative estimate of drug-likeness (QED) is 0.839. The Morgan fingerprint density at radius 3 is 2.63 bits per heavy atom. The van der Waals surface area contributed by atoms with E-state index in [-0.39, 0.29) is 5.56 Å². The molecule has 1 aromatic carbocycles. The lowest BCUT2D eigenvalue weighted by atomic mass is 10.1. The highest BCUT2D eigenvalue weighted by atomic mass is 32.1. The summed E-state index contributed by atoms with van der Waals surface area (Å²) in [5, 5.41) is 1.40. The van der Waals surface area contributed by atoms with E-state index in [1.54, 1.807) is 12.1 Å². The van der Waals surface area contributed by atoms with Crippen LogP contribution in [0.5, 0.6) is 0 Å². The van der Waals surface area contributed by atoms with Gasteiger partial charge in [0, 0.05) is 30.0 Å². The second-order valence-electron chi connectivity index (χ2n) is 4.26. The van der Waals surface area contributed by atoms with Gasteiger partial charge in [0.1, 0.15) is 0 Å². The lowest BCUT2D eigenvalue weighted by Crippen LogP contribution is -2.36. The summed E-state index contributed by atoms with van der Waals surface area (Å²) in [6.45, 7) is 2.36. The molecule has 0 aliphatic carbocycles. The molecular weight excluding hydrogens is 270 g/mol. The normalized spacial score (nSPS) is 17.1. The highest BCUT2D eigenvalue weighted by Gasteiger charge is 2.20. The van der Waals surface area contributed by atoms with Crippen LogP contribution in [0.3, 0.4) is 0 Å². The highest BCUT2D eigenvalue weighted by Crippen LogP contribution is 2.32. The average molecular weight is 286 g/mol. The molecule has 0 radical (unpaired) electrons. The SMILES string of the molecule is N/C(=C\S)c1ccc(N2CCOCC2)c(C(F)F)c1. The van der Waals surface area contributed by atoms with Gasteiger partial charge in [0.2, 0.25) is 0 Å². The number of ether oxygens (including phenoxy) is 1. The van der Waals surface area contributed by atoms with Gasteiger partial charge in [0.25, 0.3) is 6.43 Å². The Balaban J connectivity index is 2.37. The number of alkyl halides is 2. The third-order valence-electron chi connectivity index (χ3n) is 3.09. The number of nitrogens with two attached hydrogens (primary N) is 1. The lowest BCUT2D eigenvalue weighted by Gasteiger charge is -2.30. The van der Waals surface area contributed by atoms with Crippen LogP contribution >= 0.6 is 12.6 Å². The Bertz CT molecular complexity index is 474. The number of hydrogen-bond acceptors (Lipinski definition) is 4. The number of halogens is 2. The Morgan fingerprint density at radius 1 is 1.37 bits per heavy atom. The molecule has 3 nitrogen and oxygen atoms in total. The van der Waals surface area contributed by atoms with Gasteiger partial charge in [-0.1, -0.05) is 6.07 Å².